The lowest BCUT2D eigenvalue weighted by Crippen LogP contribution is -2.43. The molecule has 1 aliphatic rings. The van der Waals surface area contributed by atoms with Crippen molar-refractivity contribution in [3.05, 3.63) is 65.2 Å². The number of benzene rings is 1. The minimum absolute atomic E-state index is 0.126. The van der Waals surface area contributed by atoms with Gasteiger partial charge in [0.2, 0.25) is 0 Å². The summed E-state index contributed by atoms with van der Waals surface area (Å²) >= 11 is 1.55. The number of ether oxygens (including phenoxy) is 1. The van der Waals surface area contributed by atoms with Crippen molar-refractivity contribution in [1.29, 1.82) is 0 Å². The SMILES string of the molecule is O=C(N[C@H](CN1CCOCC1)c1ccccc1)c1cc(-c2cccs2)on1. The number of carbonyl (C=O) groups is 1. The second kappa shape index (κ2) is 8.47. The van der Waals surface area contributed by atoms with E-state index in [9.17, 15) is 4.79 Å². The van der Waals surface area contributed by atoms with Crippen LogP contribution < -0.4 is 5.32 Å². The van der Waals surface area contributed by atoms with Gasteiger partial charge in [0, 0.05) is 25.7 Å². The number of rotatable bonds is 6. The highest BCUT2D eigenvalue weighted by Crippen LogP contribution is 2.25. The molecule has 2 aromatic heterocycles. The molecule has 1 fully saturated rings. The highest BCUT2D eigenvalue weighted by atomic mass is 32.1. The van der Waals surface area contributed by atoms with E-state index in [1.54, 1.807) is 17.4 Å². The number of nitrogens with one attached hydrogen (secondary N) is 1. The molecule has 1 aromatic carbocycles. The average molecular weight is 383 g/mol. The van der Waals surface area contributed by atoms with Crippen molar-refractivity contribution < 1.29 is 14.1 Å². The summed E-state index contributed by atoms with van der Waals surface area (Å²) in [6.07, 6.45) is 0. The predicted molar refractivity (Wildman–Crippen MR) is 104 cm³/mol. The summed E-state index contributed by atoms with van der Waals surface area (Å²) in [6.45, 7) is 3.91. The van der Waals surface area contributed by atoms with Gasteiger partial charge in [0.05, 0.1) is 24.1 Å². The Bertz CT molecular complexity index is 858. The molecule has 140 valence electrons. The maximum Gasteiger partial charge on any atom is 0.274 e. The van der Waals surface area contributed by atoms with Crippen LogP contribution in [-0.2, 0) is 4.74 Å². The van der Waals surface area contributed by atoms with E-state index in [4.69, 9.17) is 9.26 Å². The van der Waals surface area contributed by atoms with E-state index < -0.39 is 0 Å². The fourth-order valence-electron chi connectivity index (χ4n) is 3.11. The van der Waals surface area contributed by atoms with Gasteiger partial charge in [-0.1, -0.05) is 41.6 Å². The third-order valence-corrected chi connectivity index (χ3v) is 5.44. The summed E-state index contributed by atoms with van der Waals surface area (Å²) in [7, 11) is 0. The van der Waals surface area contributed by atoms with Crippen LogP contribution >= 0.6 is 11.3 Å². The molecule has 0 aliphatic carbocycles. The van der Waals surface area contributed by atoms with Crippen LogP contribution in [0.2, 0.25) is 0 Å². The third-order valence-electron chi connectivity index (χ3n) is 4.56. The molecule has 4 rings (SSSR count). The van der Waals surface area contributed by atoms with E-state index in [2.05, 4.69) is 15.4 Å². The number of hydrogen-bond acceptors (Lipinski definition) is 6. The molecule has 0 bridgehead atoms. The van der Waals surface area contributed by atoms with Crippen LogP contribution in [0.15, 0.2) is 58.4 Å². The van der Waals surface area contributed by atoms with Crippen molar-refractivity contribution in [3.63, 3.8) is 0 Å². The largest absolute Gasteiger partial charge is 0.379 e. The zero-order chi connectivity index (χ0) is 18.5. The molecule has 0 unspecified atom stereocenters. The molecule has 0 radical (unpaired) electrons. The number of nitrogens with zero attached hydrogens (tertiary/aromatic N) is 2. The van der Waals surface area contributed by atoms with Crippen LogP contribution in [0, 0.1) is 0 Å². The molecular formula is C20H21N3O3S. The molecule has 6 nitrogen and oxygen atoms in total. The zero-order valence-corrected chi connectivity index (χ0v) is 15.7. The smallest absolute Gasteiger partial charge is 0.274 e. The first-order valence-corrected chi connectivity index (χ1v) is 9.84. The maximum atomic E-state index is 12.8. The van der Waals surface area contributed by atoms with E-state index in [1.165, 1.54) is 0 Å². The number of thiophene rings is 1. The van der Waals surface area contributed by atoms with E-state index in [0.29, 0.717) is 11.5 Å². The van der Waals surface area contributed by atoms with Gasteiger partial charge in [0.25, 0.3) is 5.91 Å². The summed E-state index contributed by atoms with van der Waals surface area (Å²) < 4.78 is 10.8. The van der Waals surface area contributed by atoms with E-state index in [0.717, 1.165) is 43.3 Å². The topological polar surface area (TPSA) is 67.6 Å². The fourth-order valence-corrected chi connectivity index (χ4v) is 3.78. The van der Waals surface area contributed by atoms with Gasteiger partial charge in [-0.15, -0.1) is 11.3 Å². The normalized spacial score (nSPS) is 16.1. The Hall–Kier alpha value is -2.48. The van der Waals surface area contributed by atoms with Crippen LogP contribution in [0.3, 0.4) is 0 Å². The Labute approximate surface area is 161 Å². The molecule has 1 aliphatic heterocycles. The Morgan fingerprint density at radius 1 is 1.19 bits per heavy atom. The molecule has 7 heteroatoms. The van der Waals surface area contributed by atoms with Gasteiger partial charge < -0.3 is 14.6 Å². The van der Waals surface area contributed by atoms with E-state index >= 15 is 0 Å². The molecule has 0 spiro atoms. The second-order valence-electron chi connectivity index (χ2n) is 6.40. The Kier molecular flexibility index (Phi) is 5.62. The Balaban J connectivity index is 1.49. The van der Waals surface area contributed by atoms with Crippen molar-refractivity contribution in [2.45, 2.75) is 6.04 Å². The molecule has 0 saturated carbocycles. The molecular weight excluding hydrogens is 362 g/mol. The maximum absolute atomic E-state index is 12.8. The van der Waals surface area contributed by atoms with Crippen LogP contribution in [0.5, 0.6) is 0 Å². The van der Waals surface area contributed by atoms with Crippen molar-refractivity contribution >= 4 is 17.2 Å². The number of amides is 1. The van der Waals surface area contributed by atoms with E-state index in [-0.39, 0.29) is 11.9 Å². The fraction of sp³-hybridized carbons (Fsp3) is 0.300. The minimum Gasteiger partial charge on any atom is -0.379 e. The van der Waals surface area contributed by atoms with Crippen LogP contribution in [0.25, 0.3) is 10.6 Å². The van der Waals surface area contributed by atoms with Gasteiger partial charge in [-0.05, 0) is 17.0 Å². The van der Waals surface area contributed by atoms with Crippen LogP contribution in [0.1, 0.15) is 22.1 Å². The lowest BCUT2D eigenvalue weighted by molar-refractivity contribution is 0.0332. The number of hydrogen-bond donors (Lipinski definition) is 1. The first-order chi connectivity index (χ1) is 13.3. The van der Waals surface area contributed by atoms with Gasteiger partial charge in [-0.25, -0.2) is 0 Å². The van der Waals surface area contributed by atoms with Crippen molar-refractivity contribution in [1.82, 2.24) is 15.4 Å². The second-order valence-corrected chi connectivity index (χ2v) is 7.35. The number of aromatic nitrogens is 1. The summed E-state index contributed by atoms with van der Waals surface area (Å²) in [4.78, 5) is 16.0. The van der Waals surface area contributed by atoms with Crippen molar-refractivity contribution in [2.24, 2.45) is 0 Å². The highest BCUT2D eigenvalue weighted by molar-refractivity contribution is 7.13. The zero-order valence-electron chi connectivity index (χ0n) is 14.8. The molecule has 1 atom stereocenters. The molecule has 27 heavy (non-hydrogen) atoms. The van der Waals surface area contributed by atoms with Crippen molar-refractivity contribution in [2.75, 3.05) is 32.8 Å². The summed E-state index contributed by atoms with van der Waals surface area (Å²) in [6, 6.07) is 15.5. The lowest BCUT2D eigenvalue weighted by Gasteiger charge is -2.31. The summed E-state index contributed by atoms with van der Waals surface area (Å²) in [5.41, 5.74) is 1.36. The first-order valence-electron chi connectivity index (χ1n) is 8.96. The Morgan fingerprint density at radius 2 is 2.00 bits per heavy atom. The molecule has 1 N–H and O–H groups in total. The average Bonchev–Trinajstić information content (AvgIpc) is 3.41. The van der Waals surface area contributed by atoms with Gasteiger partial charge in [-0.3, -0.25) is 9.69 Å². The summed E-state index contributed by atoms with van der Waals surface area (Å²) in [5, 5.41) is 9.03. The van der Waals surface area contributed by atoms with Gasteiger partial charge in [0.1, 0.15) is 0 Å². The highest BCUT2D eigenvalue weighted by Gasteiger charge is 2.22. The predicted octanol–water partition coefficient (Wildman–Crippen LogP) is 3.21. The third kappa shape index (κ3) is 4.44. The Morgan fingerprint density at radius 3 is 2.74 bits per heavy atom. The van der Waals surface area contributed by atoms with Crippen molar-refractivity contribution in [3.8, 4) is 10.6 Å². The lowest BCUT2D eigenvalue weighted by atomic mass is 10.1. The summed E-state index contributed by atoms with van der Waals surface area (Å²) in [5.74, 6) is 0.378. The van der Waals surface area contributed by atoms with Crippen LogP contribution in [-0.4, -0.2) is 48.8 Å². The van der Waals surface area contributed by atoms with Gasteiger partial charge in [-0.2, -0.15) is 0 Å². The number of carbonyl (C=O) groups excluding carboxylic acids is 1. The molecule has 3 aromatic rings. The number of morpholine rings is 1. The standard InChI is InChI=1S/C20H21N3O3S/c24-20(16-13-18(26-22-16)19-7-4-12-27-19)21-17(15-5-2-1-3-6-15)14-23-8-10-25-11-9-23/h1-7,12-13,17H,8-11,14H2,(H,21,24)/t17-/m1/s1. The van der Waals surface area contributed by atoms with Gasteiger partial charge in [0.15, 0.2) is 11.5 Å². The van der Waals surface area contributed by atoms with Crippen LogP contribution in [0.4, 0.5) is 0 Å². The first kappa shape index (κ1) is 17.9. The molecule has 1 saturated heterocycles. The quantitative estimate of drug-likeness (QED) is 0.708. The van der Waals surface area contributed by atoms with E-state index in [1.807, 2.05) is 47.8 Å². The molecule has 1 amide bonds. The monoisotopic (exact) mass is 383 g/mol. The van der Waals surface area contributed by atoms with Gasteiger partial charge >= 0.3 is 0 Å². The molecule has 3 heterocycles. The minimum atomic E-state index is -0.233.